The Morgan fingerprint density at radius 1 is 0.857 bits per heavy atom. The molecule has 0 fully saturated rings. The predicted octanol–water partition coefficient (Wildman–Crippen LogP) is 2.62. The highest BCUT2D eigenvalue weighted by Crippen LogP contribution is 2.12. The van der Waals surface area contributed by atoms with E-state index in [0.717, 1.165) is 31.2 Å². The number of aliphatic carboxylic acids is 1. The number of esters is 1. The minimum atomic E-state index is -1.00. The van der Waals surface area contributed by atoms with Gasteiger partial charge in [-0.25, -0.2) is 0 Å². The van der Waals surface area contributed by atoms with Crippen LogP contribution in [0.15, 0.2) is 24.3 Å². The van der Waals surface area contributed by atoms with Crippen LogP contribution in [0.4, 0.5) is 5.69 Å². The van der Waals surface area contributed by atoms with E-state index < -0.39 is 5.97 Å². The topological polar surface area (TPSA) is 122 Å². The summed E-state index contributed by atoms with van der Waals surface area (Å²) in [6.45, 7) is 0.304. The summed E-state index contributed by atoms with van der Waals surface area (Å²) in [6.07, 6.45) is 3.87. The van der Waals surface area contributed by atoms with Crippen LogP contribution in [0.25, 0.3) is 0 Å². The molecule has 3 N–H and O–H groups in total. The van der Waals surface area contributed by atoms with E-state index in [1.165, 1.54) is 7.11 Å². The van der Waals surface area contributed by atoms with Gasteiger partial charge in [0.1, 0.15) is 0 Å². The average molecular weight is 392 g/mol. The Bertz CT molecular complexity index is 657. The summed E-state index contributed by atoms with van der Waals surface area (Å²) in [5.41, 5.74) is 1.53. The molecule has 0 aliphatic carbocycles. The van der Waals surface area contributed by atoms with Crippen LogP contribution in [0.2, 0.25) is 0 Å². The second-order valence-corrected chi connectivity index (χ2v) is 6.41. The van der Waals surface area contributed by atoms with Gasteiger partial charge in [-0.3, -0.25) is 19.2 Å². The minimum absolute atomic E-state index is 0.0494. The first-order valence-corrected chi connectivity index (χ1v) is 9.35. The SMILES string of the molecule is COC(=O)CCCCCCC(=O)Nc1ccc(CNC(=O)CCC(=O)O)cc1. The fourth-order valence-corrected chi connectivity index (χ4v) is 2.45. The molecule has 154 valence electrons. The van der Waals surface area contributed by atoms with E-state index in [2.05, 4.69) is 15.4 Å². The van der Waals surface area contributed by atoms with E-state index in [9.17, 15) is 19.2 Å². The Labute approximate surface area is 164 Å². The van der Waals surface area contributed by atoms with Crippen molar-refractivity contribution in [3.05, 3.63) is 29.8 Å². The van der Waals surface area contributed by atoms with Gasteiger partial charge < -0.3 is 20.5 Å². The van der Waals surface area contributed by atoms with Crippen molar-refractivity contribution in [2.24, 2.45) is 0 Å². The van der Waals surface area contributed by atoms with Gasteiger partial charge in [0.2, 0.25) is 11.8 Å². The van der Waals surface area contributed by atoms with Crippen LogP contribution in [0.5, 0.6) is 0 Å². The van der Waals surface area contributed by atoms with E-state index >= 15 is 0 Å². The molecule has 0 atom stereocenters. The molecule has 8 heteroatoms. The number of carboxylic acids is 1. The number of unbranched alkanes of at least 4 members (excludes halogenated alkanes) is 3. The molecule has 0 spiro atoms. The summed E-state index contributed by atoms with van der Waals surface area (Å²) >= 11 is 0. The number of amides is 2. The van der Waals surface area contributed by atoms with Crippen LogP contribution in [0.3, 0.4) is 0 Å². The van der Waals surface area contributed by atoms with Crippen molar-refractivity contribution in [2.75, 3.05) is 12.4 Å². The lowest BCUT2D eigenvalue weighted by Gasteiger charge is -2.08. The Kier molecular flexibility index (Phi) is 11.0. The maximum atomic E-state index is 11.9. The highest BCUT2D eigenvalue weighted by molar-refractivity contribution is 5.90. The molecular formula is C20H28N2O6. The second-order valence-electron chi connectivity index (χ2n) is 6.41. The zero-order valence-electron chi connectivity index (χ0n) is 16.2. The van der Waals surface area contributed by atoms with E-state index in [1.807, 2.05) is 0 Å². The van der Waals surface area contributed by atoms with Crippen molar-refractivity contribution in [1.29, 1.82) is 0 Å². The van der Waals surface area contributed by atoms with Gasteiger partial charge in [-0.05, 0) is 30.5 Å². The normalized spacial score (nSPS) is 10.2. The highest BCUT2D eigenvalue weighted by Gasteiger charge is 2.06. The van der Waals surface area contributed by atoms with Crippen molar-refractivity contribution >= 4 is 29.4 Å². The van der Waals surface area contributed by atoms with E-state index in [1.54, 1.807) is 24.3 Å². The van der Waals surface area contributed by atoms with Crippen molar-refractivity contribution in [2.45, 2.75) is 57.9 Å². The Hall–Kier alpha value is -2.90. The molecule has 1 aromatic carbocycles. The molecule has 0 radical (unpaired) electrons. The Balaban J connectivity index is 2.21. The first-order valence-electron chi connectivity index (χ1n) is 9.35. The number of carboxylic acid groups (broad SMARTS) is 1. The molecule has 1 aromatic rings. The summed E-state index contributed by atoms with van der Waals surface area (Å²) in [4.78, 5) is 44.8. The maximum Gasteiger partial charge on any atom is 0.305 e. The molecule has 0 bridgehead atoms. The molecule has 28 heavy (non-hydrogen) atoms. The number of rotatable bonds is 13. The predicted molar refractivity (Wildman–Crippen MR) is 104 cm³/mol. The first-order chi connectivity index (χ1) is 13.4. The molecule has 1 rings (SSSR count). The van der Waals surface area contributed by atoms with Crippen molar-refractivity contribution in [1.82, 2.24) is 5.32 Å². The van der Waals surface area contributed by atoms with Crippen LogP contribution < -0.4 is 10.6 Å². The van der Waals surface area contributed by atoms with Crippen molar-refractivity contribution in [3.8, 4) is 0 Å². The number of hydrogen-bond donors (Lipinski definition) is 3. The average Bonchev–Trinajstić information content (AvgIpc) is 2.68. The number of carbonyl (C=O) groups excluding carboxylic acids is 3. The largest absolute Gasteiger partial charge is 0.481 e. The second kappa shape index (κ2) is 13.3. The summed E-state index contributed by atoms with van der Waals surface area (Å²) in [5.74, 6) is -1.59. The number of benzene rings is 1. The number of nitrogens with one attached hydrogen (secondary N) is 2. The third kappa shape index (κ3) is 10.9. The third-order valence-electron chi connectivity index (χ3n) is 4.06. The van der Waals surface area contributed by atoms with Crippen LogP contribution in [-0.4, -0.2) is 36.0 Å². The van der Waals surface area contributed by atoms with E-state index in [4.69, 9.17) is 5.11 Å². The summed E-state index contributed by atoms with van der Waals surface area (Å²) < 4.78 is 4.57. The molecule has 8 nitrogen and oxygen atoms in total. The molecule has 0 aliphatic heterocycles. The van der Waals surface area contributed by atoms with Crippen LogP contribution in [-0.2, 0) is 30.5 Å². The van der Waals surface area contributed by atoms with E-state index in [0.29, 0.717) is 25.1 Å². The molecule has 0 saturated carbocycles. The fraction of sp³-hybridized carbons (Fsp3) is 0.500. The number of methoxy groups -OCH3 is 1. The van der Waals surface area contributed by atoms with Crippen LogP contribution in [0.1, 0.15) is 56.9 Å². The molecule has 0 saturated heterocycles. The van der Waals surface area contributed by atoms with Gasteiger partial charge in [0.25, 0.3) is 0 Å². The van der Waals surface area contributed by atoms with Crippen molar-refractivity contribution in [3.63, 3.8) is 0 Å². The summed E-state index contributed by atoms with van der Waals surface area (Å²) in [6, 6.07) is 7.10. The lowest BCUT2D eigenvalue weighted by molar-refractivity contribution is -0.141. The lowest BCUT2D eigenvalue weighted by Crippen LogP contribution is -2.23. The monoisotopic (exact) mass is 392 g/mol. The number of anilines is 1. The number of ether oxygens (including phenoxy) is 1. The third-order valence-corrected chi connectivity index (χ3v) is 4.06. The number of carbonyl (C=O) groups is 4. The lowest BCUT2D eigenvalue weighted by atomic mass is 10.1. The molecule has 0 aromatic heterocycles. The summed E-state index contributed by atoms with van der Waals surface area (Å²) in [7, 11) is 1.37. The van der Waals surface area contributed by atoms with Gasteiger partial charge in [-0.2, -0.15) is 0 Å². The van der Waals surface area contributed by atoms with Gasteiger partial charge in [0.15, 0.2) is 0 Å². The molecule has 2 amide bonds. The molecule has 0 heterocycles. The first kappa shape index (κ1) is 23.1. The smallest absolute Gasteiger partial charge is 0.305 e. The van der Waals surface area contributed by atoms with Gasteiger partial charge in [-0.1, -0.05) is 25.0 Å². The molecule has 0 unspecified atom stereocenters. The standard InChI is InChI=1S/C20H28N2O6/c1-28-20(27)7-5-3-2-4-6-18(24)22-16-10-8-15(9-11-16)14-21-17(23)12-13-19(25)26/h8-11H,2-7,12-14H2,1H3,(H,21,23)(H,22,24)(H,25,26). The minimum Gasteiger partial charge on any atom is -0.481 e. The quantitative estimate of drug-likeness (QED) is 0.350. The Morgan fingerprint density at radius 2 is 1.50 bits per heavy atom. The molecule has 0 aliphatic rings. The highest BCUT2D eigenvalue weighted by atomic mass is 16.5. The fourth-order valence-electron chi connectivity index (χ4n) is 2.45. The van der Waals surface area contributed by atoms with E-state index in [-0.39, 0.29) is 30.6 Å². The van der Waals surface area contributed by atoms with Crippen LogP contribution in [0, 0.1) is 0 Å². The Morgan fingerprint density at radius 3 is 2.11 bits per heavy atom. The van der Waals surface area contributed by atoms with Gasteiger partial charge in [-0.15, -0.1) is 0 Å². The number of hydrogen-bond acceptors (Lipinski definition) is 5. The van der Waals surface area contributed by atoms with Crippen LogP contribution >= 0.6 is 0 Å². The van der Waals surface area contributed by atoms with Gasteiger partial charge >= 0.3 is 11.9 Å². The van der Waals surface area contributed by atoms with Crippen molar-refractivity contribution < 1.29 is 29.0 Å². The van der Waals surface area contributed by atoms with Gasteiger partial charge in [0.05, 0.1) is 13.5 Å². The zero-order chi connectivity index (χ0) is 20.8. The van der Waals surface area contributed by atoms with Gasteiger partial charge in [0, 0.05) is 31.5 Å². The summed E-state index contributed by atoms with van der Waals surface area (Å²) in [5, 5.41) is 14.0. The maximum absolute atomic E-state index is 11.9. The zero-order valence-corrected chi connectivity index (χ0v) is 16.2. The molecular weight excluding hydrogens is 364 g/mol.